The Morgan fingerprint density at radius 3 is 2.62 bits per heavy atom. The number of halogens is 1. The highest BCUT2D eigenvalue weighted by Gasteiger charge is 2.27. The third-order valence-electron chi connectivity index (χ3n) is 3.86. The van der Waals surface area contributed by atoms with E-state index in [1.807, 2.05) is 0 Å². The van der Waals surface area contributed by atoms with Crippen molar-refractivity contribution in [2.24, 2.45) is 5.92 Å². The maximum absolute atomic E-state index is 12.0. The van der Waals surface area contributed by atoms with Gasteiger partial charge in [0.25, 0.3) is 5.91 Å². The Morgan fingerprint density at radius 2 is 1.92 bits per heavy atom. The van der Waals surface area contributed by atoms with Gasteiger partial charge < -0.3 is 20.6 Å². The molecule has 3 N–H and O–H groups in total. The molecule has 0 radical (unpaired) electrons. The second-order valence-corrected chi connectivity index (χ2v) is 6.00. The van der Waals surface area contributed by atoms with E-state index in [4.69, 9.17) is 16.7 Å². The number of aliphatic carboxylic acids is 1. The molecule has 0 aliphatic carbocycles. The lowest BCUT2D eigenvalue weighted by molar-refractivity contribution is -0.143. The van der Waals surface area contributed by atoms with Gasteiger partial charge in [-0.15, -0.1) is 0 Å². The fraction of sp³-hybridized carbons (Fsp3) is 0.438. The van der Waals surface area contributed by atoms with Crippen LogP contribution in [0.15, 0.2) is 24.3 Å². The first-order valence-corrected chi connectivity index (χ1v) is 8.15. The summed E-state index contributed by atoms with van der Waals surface area (Å²) in [6.07, 6.45) is 1.26. The van der Waals surface area contributed by atoms with Gasteiger partial charge in [-0.05, 0) is 25.0 Å². The van der Waals surface area contributed by atoms with Crippen LogP contribution in [-0.4, -0.2) is 54.1 Å². The Hall–Kier alpha value is -2.28. The quantitative estimate of drug-likeness (QED) is 0.700. The van der Waals surface area contributed by atoms with Crippen molar-refractivity contribution in [1.82, 2.24) is 15.5 Å². The van der Waals surface area contributed by atoms with Gasteiger partial charge in [0.2, 0.25) is 0 Å². The molecule has 0 spiro atoms. The van der Waals surface area contributed by atoms with Crippen LogP contribution in [0.2, 0.25) is 5.02 Å². The van der Waals surface area contributed by atoms with Crippen LogP contribution in [0.25, 0.3) is 0 Å². The van der Waals surface area contributed by atoms with Crippen LogP contribution in [0.4, 0.5) is 4.79 Å². The van der Waals surface area contributed by atoms with Crippen LogP contribution in [0.3, 0.4) is 0 Å². The molecule has 7 nitrogen and oxygen atoms in total. The van der Waals surface area contributed by atoms with E-state index in [-0.39, 0.29) is 31.6 Å². The van der Waals surface area contributed by atoms with Gasteiger partial charge in [-0.1, -0.05) is 23.7 Å². The average Bonchev–Trinajstić information content (AvgIpc) is 2.58. The number of carbonyl (C=O) groups is 3. The van der Waals surface area contributed by atoms with Gasteiger partial charge in [0.05, 0.1) is 16.5 Å². The molecule has 1 atom stereocenters. The molecule has 2 rings (SSSR count). The number of urea groups is 1. The molecule has 1 fully saturated rings. The molecule has 8 heteroatoms. The Labute approximate surface area is 145 Å². The number of rotatable bonds is 5. The zero-order valence-corrected chi connectivity index (χ0v) is 13.9. The zero-order valence-electron chi connectivity index (χ0n) is 13.1. The molecule has 1 aromatic rings. The van der Waals surface area contributed by atoms with Gasteiger partial charge in [0, 0.05) is 26.2 Å². The monoisotopic (exact) mass is 353 g/mol. The third kappa shape index (κ3) is 4.86. The molecule has 0 aromatic heterocycles. The highest BCUT2D eigenvalue weighted by molar-refractivity contribution is 6.33. The molecular formula is C16H20ClN3O4. The Balaban J connectivity index is 1.72. The first-order chi connectivity index (χ1) is 11.5. The van der Waals surface area contributed by atoms with Crippen molar-refractivity contribution in [3.63, 3.8) is 0 Å². The first-order valence-electron chi connectivity index (χ1n) is 7.77. The average molecular weight is 354 g/mol. The summed E-state index contributed by atoms with van der Waals surface area (Å²) in [7, 11) is 0. The lowest BCUT2D eigenvalue weighted by Crippen LogP contribution is -2.48. The summed E-state index contributed by atoms with van der Waals surface area (Å²) in [6, 6.07) is 6.40. The third-order valence-corrected chi connectivity index (χ3v) is 4.19. The highest BCUT2D eigenvalue weighted by atomic mass is 35.5. The summed E-state index contributed by atoms with van der Waals surface area (Å²) < 4.78 is 0. The molecule has 24 heavy (non-hydrogen) atoms. The van der Waals surface area contributed by atoms with Crippen molar-refractivity contribution < 1.29 is 19.5 Å². The van der Waals surface area contributed by atoms with Crippen LogP contribution in [-0.2, 0) is 4.79 Å². The SMILES string of the molecule is O=C(NCCNC(=O)N1CCCC(C(=O)O)C1)c1ccccc1Cl. The number of nitrogens with zero attached hydrogens (tertiary/aromatic N) is 1. The predicted octanol–water partition coefficient (Wildman–Crippen LogP) is 1.58. The van der Waals surface area contributed by atoms with Crippen molar-refractivity contribution in [3.05, 3.63) is 34.9 Å². The van der Waals surface area contributed by atoms with Crippen molar-refractivity contribution in [3.8, 4) is 0 Å². The topological polar surface area (TPSA) is 98.7 Å². The van der Waals surface area contributed by atoms with Crippen molar-refractivity contribution in [2.45, 2.75) is 12.8 Å². The summed E-state index contributed by atoms with van der Waals surface area (Å²) in [6.45, 7) is 1.27. The number of carboxylic acid groups (broad SMARTS) is 1. The van der Waals surface area contributed by atoms with Crippen LogP contribution < -0.4 is 10.6 Å². The highest BCUT2D eigenvalue weighted by Crippen LogP contribution is 2.16. The minimum atomic E-state index is -0.875. The molecule has 1 heterocycles. The van der Waals surface area contributed by atoms with E-state index >= 15 is 0 Å². The van der Waals surface area contributed by atoms with E-state index in [1.165, 1.54) is 4.90 Å². The number of nitrogens with one attached hydrogen (secondary N) is 2. The lowest BCUT2D eigenvalue weighted by atomic mass is 9.99. The molecule has 0 saturated carbocycles. The molecular weight excluding hydrogens is 334 g/mol. The normalized spacial score (nSPS) is 17.2. The van der Waals surface area contributed by atoms with Crippen LogP contribution >= 0.6 is 11.6 Å². The lowest BCUT2D eigenvalue weighted by Gasteiger charge is -2.30. The molecule has 0 bridgehead atoms. The molecule has 1 saturated heterocycles. The molecule has 1 unspecified atom stereocenters. The molecule has 1 aliphatic rings. The van der Waals surface area contributed by atoms with E-state index < -0.39 is 11.9 Å². The van der Waals surface area contributed by atoms with E-state index in [1.54, 1.807) is 24.3 Å². The van der Waals surface area contributed by atoms with Gasteiger partial charge in [-0.25, -0.2) is 4.79 Å². The summed E-state index contributed by atoms with van der Waals surface area (Å²) in [4.78, 5) is 36.5. The maximum Gasteiger partial charge on any atom is 0.317 e. The largest absolute Gasteiger partial charge is 0.481 e. The minimum absolute atomic E-state index is 0.215. The zero-order chi connectivity index (χ0) is 17.5. The second kappa shape index (κ2) is 8.54. The summed E-state index contributed by atoms with van der Waals surface area (Å²) in [5.41, 5.74) is 0.380. The number of hydrogen-bond donors (Lipinski definition) is 3. The molecule has 1 aromatic carbocycles. The van der Waals surface area contributed by atoms with Gasteiger partial charge in [-0.2, -0.15) is 0 Å². The molecule has 130 valence electrons. The number of benzene rings is 1. The van der Waals surface area contributed by atoms with Gasteiger partial charge in [0.15, 0.2) is 0 Å². The molecule has 1 aliphatic heterocycles. The van der Waals surface area contributed by atoms with E-state index in [9.17, 15) is 14.4 Å². The van der Waals surface area contributed by atoms with Crippen LogP contribution in [0.1, 0.15) is 23.2 Å². The predicted molar refractivity (Wildman–Crippen MR) is 89.1 cm³/mol. The van der Waals surface area contributed by atoms with Crippen LogP contribution in [0.5, 0.6) is 0 Å². The van der Waals surface area contributed by atoms with E-state index in [0.29, 0.717) is 30.0 Å². The Kier molecular flexibility index (Phi) is 6.43. The number of amides is 3. The maximum atomic E-state index is 12.0. The Morgan fingerprint density at radius 1 is 1.21 bits per heavy atom. The van der Waals surface area contributed by atoms with Crippen molar-refractivity contribution >= 4 is 29.5 Å². The minimum Gasteiger partial charge on any atom is -0.481 e. The standard InChI is InChI=1S/C16H20ClN3O4/c17-13-6-2-1-5-12(13)14(21)18-7-8-19-16(24)20-9-3-4-11(10-20)15(22)23/h1-2,5-6,11H,3-4,7-10H2,(H,18,21)(H,19,24)(H,22,23). The number of carboxylic acids is 1. The van der Waals surface area contributed by atoms with E-state index in [0.717, 1.165) is 0 Å². The number of carbonyl (C=O) groups excluding carboxylic acids is 2. The first kappa shape index (κ1) is 18.1. The van der Waals surface area contributed by atoms with Crippen molar-refractivity contribution in [2.75, 3.05) is 26.2 Å². The van der Waals surface area contributed by atoms with Crippen molar-refractivity contribution in [1.29, 1.82) is 0 Å². The van der Waals surface area contributed by atoms with Gasteiger partial charge in [0.1, 0.15) is 0 Å². The Bertz CT molecular complexity index is 623. The van der Waals surface area contributed by atoms with Crippen LogP contribution in [0, 0.1) is 5.92 Å². The smallest absolute Gasteiger partial charge is 0.317 e. The fourth-order valence-electron chi connectivity index (χ4n) is 2.56. The summed E-state index contributed by atoms with van der Waals surface area (Å²) >= 11 is 5.94. The van der Waals surface area contributed by atoms with Gasteiger partial charge >= 0.3 is 12.0 Å². The molecule has 3 amide bonds. The number of likely N-dealkylation sites (tertiary alicyclic amines) is 1. The number of piperidine rings is 1. The fourth-order valence-corrected chi connectivity index (χ4v) is 2.78. The summed E-state index contributed by atoms with van der Waals surface area (Å²) in [5.74, 6) is -1.69. The number of hydrogen-bond acceptors (Lipinski definition) is 3. The summed E-state index contributed by atoms with van der Waals surface area (Å²) in [5, 5.41) is 14.7. The van der Waals surface area contributed by atoms with E-state index in [2.05, 4.69) is 10.6 Å². The van der Waals surface area contributed by atoms with Gasteiger partial charge in [-0.3, -0.25) is 9.59 Å². The second-order valence-electron chi connectivity index (χ2n) is 5.59.